The molecular weight excluding hydrogens is 265 g/mol. The van der Waals surface area contributed by atoms with Gasteiger partial charge in [0, 0.05) is 17.0 Å². The van der Waals surface area contributed by atoms with E-state index < -0.39 is 0 Å². The Hall–Kier alpha value is -2.46. The molecule has 0 spiro atoms. The summed E-state index contributed by atoms with van der Waals surface area (Å²) in [5.74, 6) is 0.155. The molecule has 0 aliphatic rings. The first kappa shape index (κ1) is 13.5. The van der Waals surface area contributed by atoms with Crippen molar-refractivity contribution in [1.82, 2.24) is 4.98 Å². The molecule has 106 valence electrons. The van der Waals surface area contributed by atoms with Crippen molar-refractivity contribution in [3.05, 3.63) is 60.0 Å². The number of pyridine rings is 1. The average Bonchev–Trinajstić information content (AvgIpc) is 2.47. The molecule has 0 radical (unpaired) electrons. The minimum atomic E-state index is -0.296. The Kier molecular flexibility index (Phi) is 3.31. The van der Waals surface area contributed by atoms with Crippen LogP contribution in [-0.4, -0.2) is 4.98 Å². The first-order chi connectivity index (χ1) is 10.1. The van der Waals surface area contributed by atoms with Gasteiger partial charge in [0.1, 0.15) is 11.6 Å². The van der Waals surface area contributed by atoms with Crippen LogP contribution in [0.1, 0.15) is 18.7 Å². The molecule has 3 aromatic rings. The van der Waals surface area contributed by atoms with Crippen LogP contribution in [0.5, 0.6) is 0 Å². The van der Waals surface area contributed by atoms with Crippen molar-refractivity contribution in [1.29, 1.82) is 0 Å². The molecular formula is C17H16FN3. The van der Waals surface area contributed by atoms with E-state index in [-0.39, 0.29) is 11.9 Å². The maximum absolute atomic E-state index is 13.6. The van der Waals surface area contributed by atoms with Gasteiger partial charge in [0.25, 0.3) is 0 Å². The average molecular weight is 281 g/mol. The van der Waals surface area contributed by atoms with Crippen molar-refractivity contribution >= 4 is 16.6 Å². The molecule has 1 unspecified atom stereocenters. The third-order valence-corrected chi connectivity index (χ3v) is 3.51. The van der Waals surface area contributed by atoms with Crippen molar-refractivity contribution in [2.75, 3.05) is 5.73 Å². The van der Waals surface area contributed by atoms with Gasteiger partial charge in [-0.3, -0.25) is 0 Å². The Labute approximate surface area is 122 Å². The van der Waals surface area contributed by atoms with Crippen LogP contribution in [0.2, 0.25) is 0 Å². The minimum absolute atomic E-state index is 0.288. The van der Waals surface area contributed by atoms with Crippen LogP contribution in [0.3, 0.4) is 0 Å². The lowest BCUT2D eigenvalue weighted by molar-refractivity contribution is 0.628. The van der Waals surface area contributed by atoms with Crippen molar-refractivity contribution in [2.45, 2.75) is 13.0 Å². The number of aromatic nitrogens is 1. The Balaban J connectivity index is 2.43. The summed E-state index contributed by atoms with van der Waals surface area (Å²) in [6, 6.07) is 13.8. The Morgan fingerprint density at radius 3 is 2.43 bits per heavy atom. The van der Waals surface area contributed by atoms with Gasteiger partial charge in [-0.25, -0.2) is 9.37 Å². The highest BCUT2D eigenvalue weighted by Gasteiger charge is 2.17. The Morgan fingerprint density at radius 2 is 1.76 bits per heavy atom. The highest BCUT2D eigenvalue weighted by Crippen LogP contribution is 2.35. The zero-order chi connectivity index (χ0) is 15.0. The third-order valence-electron chi connectivity index (χ3n) is 3.51. The molecule has 4 heteroatoms. The fourth-order valence-corrected chi connectivity index (χ4v) is 2.59. The van der Waals surface area contributed by atoms with Gasteiger partial charge in [-0.1, -0.05) is 36.4 Å². The summed E-state index contributed by atoms with van der Waals surface area (Å²) in [5.41, 5.74) is 14.3. The second kappa shape index (κ2) is 5.14. The van der Waals surface area contributed by atoms with Crippen molar-refractivity contribution < 1.29 is 4.39 Å². The summed E-state index contributed by atoms with van der Waals surface area (Å²) < 4.78 is 13.6. The number of halogens is 1. The van der Waals surface area contributed by atoms with Crippen molar-refractivity contribution in [2.24, 2.45) is 5.73 Å². The van der Waals surface area contributed by atoms with Gasteiger partial charge in [-0.15, -0.1) is 0 Å². The maximum Gasteiger partial charge on any atom is 0.131 e. The highest BCUT2D eigenvalue weighted by molar-refractivity contribution is 6.02. The molecule has 0 aliphatic carbocycles. The molecule has 3 rings (SSSR count). The molecule has 0 saturated carbocycles. The van der Waals surface area contributed by atoms with Gasteiger partial charge in [0.05, 0.1) is 5.69 Å². The van der Waals surface area contributed by atoms with Crippen molar-refractivity contribution in [3.8, 4) is 11.1 Å². The zero-order valence-electron chi connectivity index (χ0n) is 11.7. The van der Waals surface area contributed by atoms with E-state index in [2.05, 4.69) is 4.98 Å². The standard InChI is InChI=1S/C17H16FN3/c1-10(19)16-15(11-5-4-6-12(18)9-11)13-7-2-3-8-14(13)17(20)21-16/h2-10H,19H2,1H3,(H2,20,21). The first-order valence-electron chi connectivity index (χ1n) is 6.77. The summed E-state index contributed by atoms with van der Waals surface area (Å²) >= 11 is 0. The lowest BCUT2D eigenvalue weighted by atomic mass is 9.94. The van der Waals surface area contributed by atoms with E-state index in [4.69, 9.17) is 11.5 Å². The number of anilines is 1. The van der Waals surface area contributed by atoms with Crippen LogP contribution in [0.25, 0.3) is 21.9 Å². The molecule has 0 aliphatic heterocycles. The molecule has 21 heavy (non-hydrogen) atoms. The zero-order valence-corrected chi connectivity index (χ0v) is 11.7. The number of nitrogens with two attached hydrogens (primary N) is 2. The second-order valence-corrected chi connectivity index (χ2v) is 5.10. The molecule has 0 bridgehead atoms. The fraction of sp³-hybridized carbons (Fsp3) is 0.118. The van der Waals surface area contributed by atoms with Gasteiger partial charge in [0.2, 0.25) is 0 Å². The smallest absolute Gasteiger partial charge is 0.131 e. The number of nitrogens with zero attached hydrogens (tertiary/aromatic N) is 1. The predicted octanol–water partition coefficient (Wildman–Crippen LogP) is 3.64. The van der Waals surface area contributed by atoms with Crippen LogP contribution in [0, 0.1) is 5.82 Å². The summed E-state index contributed by atoms with van der Waals surface area (Å²) in [5, 5.41) is 1.78. The number of hydrogen-bond acceptors (Lipinski definition) is 3. The number of hydrogen-bond donors (Lipinski definition) is 2. The quantitative estimate of drug-likeness (QED) is 0.753. The van der Waals surface area contributed by atoms with E-state index in [1.807, 2.05) is 37.3 Å². The van der Waals surface area contributed by atoms with E-state index >= 15 is 0 Å². The van der Waals surface area contributed by atoms with E-state index in [9.17, 15) is 4.39 Å². The van der Waals surface area contributed by atoms with Gasteiger partial charge < -0.3 is 11.5 Å². The van der Waals surface area contributed by atoms with Crippen LogP contribution < -0.4 is 11.5 Å². The molecule has 0 fully saturated rings. The number of benzene rings is 2. The SMILES string of the molecule is CC(N)c1nc(N)c2ccccc2c1-c1cccc(F)c1. The van der Waals surface area contributed by atoms with Crippen LogP contribution >= 0.6 is 0 Å². The first-order valence-corrected chi connectivity index (χ1v) is 6.77. The third kappa shape index (κ3) is 2.34. The summed E-state index contributed by atoms with van der Waals surface area (Å²) in [6.45, 7) is 1.85. The summed E-state index contributed by atoms with van der Waals surface area (Å²) in [4.78, 5) is 4.44. The lowest BCUT2D eigenvalue weighted by Crippen LogP contribution is -2.11. The van der Waals surface area contributed by atoms with Crippen molar-refractivity contribution in [3.63, 3.8) is 0 Å². The number of rotatable bonds is 2. The summed E-state index contributed by atoms with van der Waals surface area (Å²) in [7, 11) is 0. The Bertz CT molecular complexity index is 812. The van der Waals surface area contributed by atoms with E-state index in [0.717, 1.165) is 21.9 Å². The van der Waals surface area contributed by atoms with E-state index in [0.29, 0.717) is 11.5 Å². The normalized spacial score (nSPS) is 12.5. The maximum atomic E-state index is 13.6. The molecule has 1 aromatic heterocycles. The predicted molar refractivity (Wildman–Crippen MR) is 84.2 cm³/mol. The van der Waals surface area contributed by atoms with E-state index in [1.165, 1.54) is 12.1 Å². The highest BCUT2D eigenvalue weighted by atomic mass is 19.1. The largest absolute Gasteiger partial charge is 0.383 e. The number of nitrogen functional groups attached to an aromatic ring is 1. The van der Waals surface area contributed by atoms with Gasteiger partial charge in [-0.05, 0) is 30.0 Å². The van der Waals surface area contributed by atoms with Gasteiger partial charge in [0.15, 0.2) is 0 Å². The Morgan fingerprint density at radius 1 is 1.05 bits per heavy atom. The fourth-order valence-electron chi connectivity index (χ4n) is 2.59. The molecule has 2 aromatic carbocycles. The monoisotopic (exact) mass is 281 g/mol. The molecule has 0 amide bonds. The molecule has 0 saturated heterocycles. The topological polar surface area (TPSA) is 64.9 Å². The molecule has 3 nitrogen and oxygen atoms in total. The molecule has 1 atom stereocenters. The van der Waals surface area contributed by atoms with Gasteiger partial charge >= 0.3 is 0 Å². The summed E-state index contributed by atoms with van der Waals surface area (Å²) in [6.07, 6.45) is 0. The van der Waals surface area contributed by atoms with E-state index in [1.54, 1.807) is 6.07 Å². The molecule has 4 N–H and O–H groups in total. The van der Waals surface area contributed by atoms with Crippen LogP contribution in [0.15, 0.2) is 48.5 Å². The second-order valence-electron chi connectivity index (χ2n) is 5.10. The van der Waals surface area contributed by atoms with Crippen LogP contribution in [0.4, 0.5) is 10.2 Å². The minimum Gasteiger partial charge on any atom is -0.383 e. The molecule has 1 heterocycles. The number of fused-ring (bicyclic) bond motifs is 1. The van der Waals surface area contributed by atoms with Gasteiger partial charge in [-0.2, -0.15) is 0 Å². The van der Waals surface area contributed by atoms with Crippen LogP contribution in [-0.2, 0) is 0 Å². The lowest BCUT2D eigenvalue weighted by Gasteiger charge is -2.16.